The van der Waals surface area contributed by atoms with Crippen molar-refractivity contribution in [2.45, 2.75) is 31.6 Å². The number of benzene rings is 1. The van der Waals surface area contributed by atoms with Gasteiger partial charge in [-0.2, -0.15) is 0 Å². The van der Waals surface area contributed by atoms with Gasteiger partial charge in [0.25, 0.3) is 5.91 Å². The van der Waals surface area contributed by atoms with E-state index < -0.39 is 6.29 Å². The lowest BCUT2D eigenvalue weighted by atomic mass is 9.92. The molecule has 1 amide bonds. The van der Waals surface area contributed by atoms with Crippen LogP contribution in [0, 0.1) is 0 Å². The molecular formula is C20H23N3O6. The number of hydrogen-bond acceptors (Lipinski definition) is 7. The summed E-state index contributed by atoms with van der Waals surface area (Å²) in [6.45, 7) is 0.841. The molecule has 2 atom stereocenters. The Hall–Kier alpha value is -3.04. The molecule has 1 aromatic carbocycles. The highest BCUT2D eigenvalue weighted by Crippen LogP contribution is 2.38. The number of carbonyl (C=O) groups excluding carboxylic acids is 1. The third-order valence-corrected chi connectivity index (χ3v) is 4.68. The molecular weight excluding hydrogens is 378 g/mol. The molecule has 0 bridgehead atoms. The van der Waals surface area contributed by atoms with Crippen molar-refractivity contribution >= 4 is 5.91 Å². The fourth-order valence-electron chi connectivity index (χ4n) is 3.22. The standard InChI is InChI=1S/C20H23N3O6/c24-6-1-7-26-19-10-14(13-2-3-15-16(8-13)28-12-27-15)9-17(29-19)20(25)23-11-18-21-4-5-22-18/h2-5,8-9,14,19,24H,1,6-7,10-12H2,(H,21,22)(H,23,25)/t14-,19+/m1/s1. The minimum atomic E-state index is -0.591. The van der Waals surface area contributed by atoms with E-state index in [1.54, 1.807) is 18.5 Å². The number of hydrogen-bond donors (Lipinski definition) is 3. The van der Waals surface area contributed by atoms with Crippen molar-refractivity contribution in [2.24, 2.45) is 0 Å². The Bertz CT molecular complexity index is 867. The van der Waals surface area contributed by atoms with Crippen LogP contribution in [0.15, 0.2) is 42.4 Å². The summed E-state index contributed by atoms with van der Waals surface area (Å²) in [4.78, 5) is 19.7. The molecule has 1 aromatic heterocycles. The van der Waals surface area contributed by atoms with Crippen molar-refractivity contribution < 1.29 is 28.8 Å². The third kappa shape index (κ3) is 4.69. The molecule has 4 rings (SSSR count). The molecule has 2 aromatic rings. The number of nitrogens with zero attached hydrogens (tertiary/aromatic N) is 1. The van der Waals surface area contributed by atoms with Gasteiger partial charge in [-0.1, -0.05) is 6.07 Å². The molecule has 0 saturated carbocycles. The van der Waals surface area contributed by atoms with E-state index in [0.29, 0.717) is 36.8 Å². The van der Waals surface area contributed by atoms with Crippen LogP contribution in [-0.2, 0) is 20.8 Å². The molecule has 29 heavy (non-hydrogen) atoms. The predicted molar refractivity (Wildman–Crippen MR) is 101 cm³/mol. The van der Waals surface area contributed by atoms with E-state index in [4.69, 9.17) is 24.1 Å². The molecule has 0 unspecified atom stereocenters. The molecule has 9 heteroatoms. The number of imidazole rings is 1. The van der Waals surface area contributed by atoms with Gasteiger partial charge in [-0.25, -0.2) is 4.98 Å². The Morgan fingerprint density at radius 3 is 3.07 bits per heavy atom. The van der Waals surface area contributed by atoms with Gasteiger partial charge in [-0.05, 0) is 30.2 Å². The molecule has 0 saturated heterocycles. The largest absolute Gasteiger partial charge is 0.459 e. The fourth-order valence-corrected chi connectivity index (χ4v) is 3.22. The van der Waals surface area contributed by atoms with E-state index in [0.717, 1.165) is 5.56 Å². The number of aromatic nitrogens is 2. The molecule has 0 aliphatic carbocycles. The Morgan fingerprint density at radius 1 is 1.34 bits per heavy atom. The van der Waals surface area contributed by atoms with Crippen molar-refractivity contribution in [3.63, 3.8) is 0 Å². The summed E-state index contributed by atoms with van der Waals surface area (Å²) in [7, 11) is 0. The second-order valence-corrected chi connectivity index (χ2v) is 6.70. The second kappa shape index (κ2) is 8.97. The van der Waals surface area contributed by atoms with E-state index in [-0.39, 0.29) is 37.5 Å². The molecule has 0 radical (unpaired) electrons. The average Bonchev–Trinajstić information content (AvgIpc) is 3.43. The summed E-state index contributed by atoms with van der Waals surface area (Å²) < 4.78 is 22.3. The first-order valence-corrected chi connectivity index (χ1v) is 9.50. The van der Waals surface area contributed by atoms with Crippen LogP contribution in [0.1, 0.15) is 30.1 Å². The van der Waals surface area contributed by atoms with Crippen molar-refractivity contribution in [1.82, 2.24) is 15.3 Å². The first-order chi connectivity index (χ1) is 14.2. The minimum Gasteiger partial charge on any atom is -0.459 e. The maximum Gasteiger partial charge on any atom is 0.286 e. The zero-order valence-corrected chi connectivity index (χ0v) is 15.8. The number of aliphatic hydroxyl groups is 1. The van der Waals surface area contributed by atoms with Crippen LogP contribution in [0.25, 0.3) is 0 Å². The van der Waals surface area contributed by atoms with E-state index in [1.807, 2.05) is 18.2 Å². The van der Waals surface area contributed by atoms with Gasteiger partial charge >= 0.3 is 0 Å². The van der Waals surface area contributed by atoms with Gasteiger partial charge in [-0.15, -0.1) is 0 Å². The van der Waals surface area contributed by atoms with Gasteiger partial charge in [0.2, 0.25) is 13.1 Å². The van der Waals surface area contributed by atoms with Gasteiger partial charge in [0.15, 0.2) is 17.3 Å². The van der Waals surface area contributed by atoms with Gasteiger partial charge < -0.3 is 34.4 Å². The summed E-state index contributed by atoms with van der Waals surface area (Å²) in [6.07, 6.45) is 5.56. The third-order valence-electron chi connectivity index (χ3n) is 4.68. The lowest BCUT2D eigenvalue weighted by Crippen LogP contribution is -2.33. The smallest absolute Gasteiger partial charge is 0.286 e. The van der Waals surface area contributed by atoms with Crippen LogP contribution in [0.3, 0.4) is 0 Å². The van der Waals surface area contributed by atoms with Crippen molar-refractivity contribution in [2.75, 3.05) is 20.0 Å². The van der Waals surface area contributed by atoms with Crippen LogP contribution >= 0.6 is 0 Å². The average molecular weight is 401 g/mol. The summed E-state index contributed by atoms with van der Waals surface area (Å²) in [5, 5.41) is 11.8. The van der Waals surface area contributed by atoms with Gasteiger partial charge in [-0.3, -0.25) is 4.79 Å². The number of H-pyrrole nitrogens is 1. The van der Waals surface area contributed by atoms with Crippen LogP contribution in [0.4, 0.5) is 0 Å². The quantitative estimate of drug-likeness (QED) is 0.575. The van der Waals surface area contributed by atoms with Gasteiger partial charge in [0.1, 0.15) is 5.82 Å². The summed E-state index contributed by atoms with van der Waals surface area (Å²) in [5.41, 5.74) is 0.977. The zero-order chi connectivity index (χ0) is 20.1. The highest BCUT2D eigenvalue weighted by Gasteiger charge is 2.29. The van der Waals surface area contributed by atoms with E-state index in [2.05, 4.69) is 15.3 Å². The fraction of sp³-hybridized carbons (Fsp3) is 0.400. The molecule has 3 heterocycles. The monoisotopic (exact) mass is 401 g/mol. The molecule has 2 aliphatic rings. The summed E-state index contributed by atoms with van der Waals surface area (Å²) in [5.74, 6) is 1.79. The Labute approximate surface area is 167 Å². The predicted octanol–water partition coefficient (Wildman–Crippen LogP) is 1.57. The number of rotatable bonds is 8. The maximum absolute atomic E-state index is 12.6. The number of amides is 1. The molecule has 2 aliphatic heterocycles. The summed E-state index contributed by atoms with van der Waals surface area (Å²) in [6, 6.07) is 5.72. The molecule has 0 spiro atoms. The number of ether oxygens (including phenoxy) is 4. The van der Waals surface area contributed by atoms with Gasteiger partial charge in [0, 0.05) is 31.3 Å². The zero-order valence-electron chi connectivity index (χ0n) is 15.8. The Balaban J connectivity index is 1.50. The highest BCUT2D eigenvalue weighted by atomic mass is 16.7. The first kappa shape index (κ1) is 19.3. The number of allylic oxidation sites excluding steroid dienone is 1. The molecule has 3 N–H and O–H groups in total. The lowest BCUT2D eigenvalue weighted by Gasteiger charge is -2.29. The second-order valence-electron chi connectivity index (χ2n) is 6.70. The number of aliphatic hydroxyl groups excluding tert-OH is 1. The minimum absolute atomic E-state index is 0.0324. The lowest BCUT2D eigenvalue weighted by molar-refractivity contribution is -0.147. The number of nitrogens with one attached hydrogen (secondary N) is 2. The van der Waals surface area contributed by atoms with Crippen LogP contribution < -0.4 is 14.8 Å². The highest BCUT2D eigenvalue weighted by molar-refractivity contribution is 5.91. The van der Waals surface area contributed by atoms with E-state index in [9.17, 15) is 4.79 Å². The number of carbonyl (C=O) groups is 1. The van der Waals surface area contributed by atoms with Gasteiger partial charge in [0.05, 0.1) is 13.2 Å². The van der Waals surface area contributed by atoms with Crippen molar-refractivity contribution in [1.29, 1.82) is 0 Å². The van der Waals surface area contributed by atoms with Crippen LogP contribution in [0.2, 0.25) is 0 Å². The maximum atomic E-state index is 12.6. The topological polar surface area (TPSA) is 115 Å². The van der Waals surface area contributed by atoms with E-state index in [1.165, 1.54) is 0 Å². The first-order valence-electron chi connectivity index (χ1n) is 9.50. The SMILES string of the molecule is O=C(NCc1ncc[nH]1)C1=C[C@@H](c2ccc3c(c2)OCO3)C[C@@H](OCCCO)O1. The van der Waals surface area contributed by atoms with Crippen molar-refractivity contribution in [3.05, 3.63) is 53.8 Å². The number of aromatic amines is 1. The van der Waals surface area contributed by atoms with Crippen LogP contribution in [0.5, 0.6) is 11.5 Å². The van der Waals surface area contributed by atoms with E-state index >= 15 is 0 Å². The summed E-state index contributed by atoms with van der Waals surface area (Å²) >= 11 is 0. The molecule has 154 valence electrons. The molecule has 9 nitrogen and oxygen atoms in total. The molecule has 0 fully saturated rings. The Morgan fingerprint density at radius 2 is 2.24 bits per heavy atom. The Kier molecular flexibility index (Phi) is 5.97. The normalized spacial score (nSPS) is 20.1. The van der Waals surface area contributed by atoms with Crippen molar-refractivity contribution in [3.8, 4) is 11.5 Å². The van der Waals surface area contributed by atoms with Crippen LogP contribution in [-0.4, -0.2) is 47.3 Å². The number of fused-ring (bicyclic) bond motifs is 1.